The van der Waals surface area contributed by atoms with Crippen LogP contribution in [0, 0.1) is 0 Å². The van der Waals surface area contributed by atoms with Crippen LogP contribution in [-0.2, 0) is 0 Å². The molecule has 0 fully saturated rings. The first-order chi connectivity index (χ1) is 36.7. The van der Waals surface area contributed by atoms with Crippen molar-refractivity contribution in [3.05, 3.63) is 261 Å². The first kappa shape index (κ1) is 41.8. The highest BCUT2D eigenvalue weighted by Gasteiger charge is 2.23. The highest BCUT2D eigenvalue weighted by atomic mass is 15.0. The van der Waals surface area contributed by atoms with Crippen LogP contribution in [0.4, 0.5) is 0 Å². The van der Waals surface area contributed by atoms with Crippen molar-refractivity contribution in [1.29, 1.82) is 0 Å². The van der Waals surface area contributed by atoms with E-state index in [0.29, 0.717) is 17.5 Å². The van der Waals surface area contributed by atoms with Gasteiger partial charge in [0.15, 0.2) is 17.5 Å². The van der Waals surface area contributed by atoms with Gasteiger partial charge in [0.1, 0.15) is 0 Å². The van der Waals surface area contributed by atoms with Crippen LogP contribution >= 0.6 is 0 Å². The molecule has 74 heavy (non-hydrogen) atoms. The van der Waals surface area contributed by atoms with Crippen molar-refractivity contribution in [3.63, 3.8) is 0 Å². The Bertz CT molecular complexity index is 4630. The van der Waals surface area contributed by atoms with Crippen molar-refractivity contribution in [2.45, 2.75) is 0 Å². The minimum absolute atomic E-state index is 0.589. The van der Waals surface area contributed by atoms with E-state index >= 15 is 0 Å². The van der Waals surface area contributed by atoms with Gasteiger partial charge in [-0.1, -0.05) is 188 Å². The van der Waals surface area contributed by atoms with Gasteiger partial charge < -0.3 is 9.13 Å². The summed E-state index contributed by atoms with van der Waals surface area (Å²) in [6.07, 6.45) is 0. The largest absolute Gasteiger partial charge is 0.309 e. The van der Waals surface area contributed by atoms with Gasteiger partial charge in [0, 0.05) is 49.6 Å². The third-order valence-electron chi connectivity index (χ3n) is 14.9. The number of hydrogen-bond acceptors (Lipinski definition) is 3. The maximum atomic E-state index is 5.61. The number of benzene rings is 12. The number of fused-ring (bicyclic) bond motifs is 9. The van der Waals surface area contributed by atoms with Crippen LogP contribution in [0.3, 0.4) is 0 Å². The summed E-state index contributed by atoms with van der Waals surface area (Å²) in [5.74, 6) is 1.80. The molecule has 0 spiro atoms. The van der Waals surface area contributed by atoms with Gasteiger partial charge in [-0.05, 0) is 127 Å². The Hall–Kier alpha value is -9.97. The molecule has 15 rings (SSSR count). The second kappa shape index (κ2) is 16.8. The first-order valence-electron chi connectivity index (χ1n) is 25.2. The van der Waals surface area contributed by atoms with Crippen LogP contribution in [0.2, 0.25) is 0 Å². The lowest BCUT2D eigenvalue weighted by Gasteiger charge is -2.18. The highest BCUT2D eigenvalue weighted by molar-refractivity contribution is 6.17. The lowest BCUT2D eigenvalue weighted by Crippen LogP contribution is -2.03. The Morgan fingerprint density at radius 3 is 1.45 bits per heavy atom. The van der Waals surface area contributed by atoms with Gasteiger partial charge in [-0.2, -0.15) is 0 Å². The summed E-state index contributed by atoms with van der Waals surface area (Å²) in [5.41, 5.74) is 13.7. The molecular weight excluding hydrogens is 899 g/mol. The molecule has 0 atom stereocenters. The normalized spacial score (nSPS) is 11.8. The van der Waals surface area contributed by atoms with E-state index in [0.717, 1.165) is 93.9 Å². The molecule has 0 N–H and O–H groups in total. The molecule has 0 aliphatic heterocycles. The van der Waals surface area contributed by atoms with Gasteiger partial charge in [0.25, 0.3) is 0 Å². The molecule has 0 unspecified atom stereocenters. The van der Waals surface area contributed by atoms with Crippen LogP contribution in [0.25, 0.3) is 144 Å². The van der Waals surface area contributed by atoms with E-state index in [-0.39, 0.29) is 0 Å². The van der Waals surface area contributed by atoms with Gasteiger partial charge in [0.2, 0.25) is 0 Å². The maximum Gasteiger partial charge on any atom is 0.164 e. The van der Waals surface area contributed by atoms with Crippen molar-refractivity contribution < 1.29 is 0 Å². The monoisotopic (exact) mass is 941 g/mol. The topological polar surface area (TPSA) is 48.5 Å². The molecule has 0 aliphatic carbocycles. The van der Waals surface area contributed by atoms with Crippen LogP contribution < -0.4 is 0 Å². The fourth-order valence-electron chi connectivity index (χ4n) is 11.5. The lowest BCUT2D eigenvalue weighted by molar-refractivity contribution is 1.08. The Labute approximate surface area is 426 Å². The zero-order chi connectivity index (χ0) is 48.7. The molecule has 5 heteroatoms. The second-order valence-corrected chi connectivity index (χ2v) is 19.2. The van der Waals surface area contributed by atoms with E-state index in [1.807, 2.05) is 0 Å². The Morgan fingerprint density at radius 1 is 0.230 bits per heavy atom. The van der Waals surface area contributed by atoms with E-state index in [9.17, 15) is 0 Å². The molecule has 0 aliphatic rings. The Morgan fingerprint density at radius 2 is 0.743 bits per heavy atom. The van der Waals surface area contributed by atoms with Crippen LogP contribution in [0.1, 0.15) is 0 Å². The molecule has 0 bridgehead atoms. The van der Waals surface area contributed by atoms with E-state index in [2.05, 4.69) is 270 Å². The van der Waals surface area contributed by atoms with Crippen LogP contribution in [0.15, 0.2) is 261 Å². The SMILES string of the molecule is c1ccc(-c2ccccc2-c2cc(-n3c4cc5ccccc5cc4c4cc5ccccc5cc43)ccc2-c2nc(-c3ccc4ccccc4c3)nc(-c3cccc4c3c3ccccc3n4-c3ccccc3)n2)cc1. The smallest absolute Gasteiger partial charge is 0.164 e. The fraction of sp³-hybridized carbons (Fsp3) is 0. The molecule has 3 aromatic heterocycles. The van der Waals surface area contributed by atoms with Crippen LogP contribution in [-0.4, -0.2) is 24.1 Å². The van der Waals surface area contributed by atoms with Gasteiger partial charge in [-0.3, -0.25) is 0 Å². The molecular formula is C69H43N5. The summed E-state index contributed by atoms with van der Waals surface area (Å²) in [4.78, 5) is 16.6. The standard InChI is InChI=1S/C69H43N5/c1-3-19-45(20-4-1)54-28-13-14-29-55(54)59-43-53(74-64-41-49-24-11-9-22-47(49)39-60(64)61-40-48-23-10-12-25-50(48)42-65(61)74)36-37-56(59)68-70-67(51-35-34-44-18-7-8-21-46(44)38-51)71-69(72-68)58-31-17-33-63-66(58)57-30-15-16-32-62(57)73(63)52-26-5-2-6-27-52/h1-43H. The average Bonchev–Trinajstić information content (AvgIpc) is 3.99. The second-order valence-electron chi connectivity index (χ2n) is 19.2. The summed E-state index contributed by atoms with van der Waals surface area (Å²) in [5, 5.41) is 11.7. The quantitative estimate of drug-likeness (QED) is 0.160. The third-order valence-corrected chi connectivity index (χ3v) is 14.9. The van der Waals surface area contributed by atoms with Crippen molar-refractivity contribution in [2.75, 3.05) is 0 Å². The molecule has 0 amide bonds. The zero-order valence-electron chi connectivity index (χ0n) is 40.1. The van der Waals surface area contributed by atoms with Gasteiger partial charge in [-0.15, -0.1) is 0 Å². The minimum Gasteiger partial charge on any atom is -0.309 e. The summed E-state index contributed by atoms with van der Waals surface area (Å²) >= 11 is 0. The molecule has 3 heterocycles. The van der Waals surface area contributed by atoms with Crippen molar-refractivity contribution >= 4 is 75.9 Å². The number of aromatic nitrogens is 5. The summed E-state index contributed by atoms with van der Waals surface area (Å²) < 4.78 is 4.79. The molecule has 5 nitrogen and oxygen atoms in total. The predicted molar refractivity (Wildman–Crippen MR) is 308 cm³/mol. The van der Waals surface area contributed by atoms with Crippen LogP contribution in [0.5, 0.6) is 0 Å². The molecule has 344 valence electrons. The first-order valence-corrected chi connectivity index (χ1v) is 25.2. The van der Waals surface area contributed by atoms with Gasteiger partial charge in [0.05, 0.1) is 22.1 Å². The summed E-state index contributed by atoms with van der Waals surface area (Å²) in [6, 6.07) is 93.7. The number of nitrogens with zero attached hydrogens (tertiary/aromatic N) is 5. The highest BCUT2D eigenvalue weighted by Crippen LogP contribution is 2.44. The van der Waals surface area contributed by atoms with Crippen molar-refractivity contribution in [3.8, 4) is 67.8 Å². The van der Waals surface area contributed by atoms with Gasteiger partial charge >= 0.3 is 0 Å². The summed E-state index contributed by atoms with van der Waals surface area (Å²) in [7, 11) is 0. The fourth-order valence-corrected chi connectivity index (χ4v) is 11.5. The van der Waals surface area contributed by atoms with E-state index < -0.39 is 0 Å². The van der Waals surface area contributed by atoms with E-state index in [1.165, 1.54) is 32.3 Å². The number of hydrogen-bond donors (Lipinski definition) is 0. The molecule has 0 saturated carbocycles. The lowest BCUT2D eigenvalue weighted by atomic mass is 9.91. The number of rotatable bonds is 7. The molecule has 0 radical (unpaired) electrons. The molecule has 0 saturated heterocycles. The maximum absolute atomic E-state index is 5.61. The van der Waals surface area contributed by atoms with E-state index in [4.69, 9.17) is 15.0 Å². The predicted octanol–water partition coefficient (Wildman–Crippen LogP) is 17.9. The van der Waals surface area contributed by atoms with E-state index in [1.54, 1.807) is 0 Å². The average molecular weight is 942 g/mol. The third kappa shape index (κ3) is 6.75. The Balaban J connectivity index is 1.03. The number of para-hydroxylation sites is 2. The van der Waals surface area contributed by atoms with Gasteiger partial charge in [-0.25, -0.2) is 15.0 Å². The minimum atomic E-state index is 0.589. The molecule has 12 aromatic carbocycles. The molecule has 15 aromatic rings. The van der Waals surface area contributed by atoms with Crippen molar-refractivity contribution in [1.82, 2.24) is 24.1 Å². The Kier molecular flexibility index (Phi) is 9.50. The van der Waals surface area contributed by atoms with Crippen molar-refractivity contribution in [2.24, 2.45) is 0 Å². The zero-order valence-corrected chi connectivity index (χ0v) is 40.1. The summed E-state index contributed by atoms with van der Waals surface area (Å²) in [6.45, 7) is 0.